The van der Waals surface area contributed by atoms with E-state index in [0.717, 1.165) is 11.1 Å². The number of nitrogens with one attached hydrogen (secondary N) is 1. The molecule has 0 radical (unpaired) electrons. The summed E-state index contributed by atoms with van der Waals surface area (Å²) in [7, 11) is 0. The maximum atomic E-state index is 12.0. The molecule has 0 saturated heterocycles. The lowest BCUT2D eigenvalue weighted by Crippen LogP contribution is -2.42. The van der Waals surface area contributed by atoms with Crippen LogP contribution in [0.15, 0.2) is 48.5 Å². The van der Waals surface area contributed by atoms with Crippen molar-refractivity contribution in [3.63, 3.8) is 0 Å². The van der Waals surface area contributed by atoms with Gasteiger partial charge in [0.1, 0.15) is 5.75 Å². The summed E-state index contributed by atoms with van der Waals surface area (Å²) in [6, 6.07) is 12.2. The molecule has 0 spiro atoms. The minimum Gasteiger partial charge on any atom is -0.508 e. The molecular weight excluding hydrogens is 312 g/mol. The van der Waals surface area contributed by atoms with Crippen LogP contribution >= 0.6 is 0 Å². The molecule has 1 atom stereocenters. The molecule has 0 fully saturated rings. The van der Waals surface area contributed by atoms with Gasteiger partial charge < -0.3 is 15.6 Å². The Hall–Kier alpha value is -3.35. The highest BCUT2D eigenvalue weighted by Crippen LogP contribution is 2.22. The summed E-state index contributed by atoms with van der Waals surface area (Å²) < 4.78 is 4.97. The number of carbonyl (C=O) groups excluding carboxylic acids is 3. The van der Waals surface area contributed by atoms with Crippen LogP contribution in [0.4, 0.5) is 4.79 Å². The van der Waals surface area contributed by atoms with Crippen molar-refractivity contribution in [2.75, 3.05) is 0 Å². The number of urea groups is 1. The number of esters is 1. The summed E-state index contributed by atoms with van der Waals surface area (Å²) in [5.74, 6) is -1.32. The summed E-state index contributed by atoms with van der Waals surface area (Å²) in [5, 5.41) is 11.1. The number of ether oxygens (including phenoxy) is 1. The van der Waals surface area contributed by atoms with Gasteiger partial charge in [0, 0.05) is 0 Å². The number of hydrogen-bond acceptors (Lipinski definition) is 5. The van der Waals surface area contributed by atoms with Crippen molar-refractivity contribution in [3.05, 3.63) is 54.1 Å². The molecule has 0 saturated carbocycles. The molecule has 24 heavy (non-hydrogen) atoms. The lowest BCUT2D eigenvalue weighted by atomic mass is 10.0. The van der Waals surface area contributed by atoms with Crippen molar-refractivity contribution in [1.82, 2.24) is 5.32 Å². The molecule has 0 aromatic heterocycles. The normalized spacial score (nSPS) is 11.4. The molecule has 7 heteroatoms. The molecule has 4 N–H and O–H groups in total. The monoisotopic (exact) mass is 328 g/mol. The SMILES string of the molecule is C[C@H](OC(=O)c1ccc(-c2ccc(O)cc2)cc1)C(=O)NC(N)=O. The first kappa shape index (κ1) is 17.0. The van der Waals surface area contributed by atoms with E-state index in [2.05, 4.69) is 0 Å². The van der Waals surface area contributed by atoms with Crippen molar-refractivity contribution >= 4 is 17.9 Å². The van der Waals surface area contributed by atoms with Crippen molar-refractivity contribution < 1.29 is 24.2 Å². The smallest absolute Gasteiger partial charge is 0.338 e. The van der Waals surface area contributed by atoms with Gasteiger partial charge in [-0.15, -0.1) is 0 Å². The first-order valence-electron chi connectivity index (χ1n) is 7.07. The van der Waals surface area contributed by atoms with Gasteiger partial charge >= 0.3 is 12.0 Å². The summed E-state index contributed by atoms with van der Waals surface area (Å²) >= 11 is 0. The molecule has 0 aliphatic heterocycles. The van der Waals surface area contributed by atoms with Gasteiger partial charge in [-0.25, -0.2) is 9.59 Å². The molecule has 2 aromatic rings. The number of phenolic OH excluding ortho intramolecular Hbond substituents is 1. The zero-order chi connectivity index (χ0) is 17.7. The summed E-state index contributed by atoms with van der Waals surface area (Å²) in [6.07, 6.45) is -1.15. The van der Waals surface area contributed by atoms with Crippen LogP contribution in [0, 0.1) is 0 Å². The van der Waals surface area contributed by atoms with E-state index < -0.39 is 24.0 Å². The van der Waals surface area contributed by atoms with Crippen LogP contribution < -0.4 is 11.1 Å². The summed E-state index contributed by atoms with van der Waals surface area (Å²) in [6.45, 7) is 1.33. The molecule has 2 rings (SSSR count). The van der Waals surface area contributed by atoms with Crippen LogP contribution in [-0.2, 0) is 9.53 Å². The Morgan fingerprint density at radius 2 is 1.50 bits per heavy atom. The van der Waals surface area contributed by atoms with Gasteiger partial charge in [0.25, 0.3) is 5.91 Å². The van der Waals surface area contributed by atoms with Crippen molar-refractivity contribution in [3.8, 4) is 16.9 Å². The number of primary amides is 1. The predicted molar refractivity (Wildman–Crippen MR) is 86.1 cm³/mol. The fraction of sp³-hybridized carbons (Fsp3) is 0.118. The molecular formula is C17H16N2O5. The maximum absolute atomic E-state index is 12.0. The number of imide groups is 1. The van der Waals surface area contributed by atoms with E-state index in [-0.39, 0.29) is 11.3 Å². The number of phenols is 1. The highest BCUT2D eigenvalue weighted by Gasteiger charge is 2.19. The van der Waals surface area contributed by atoms with Gasteiger partial charge in [-0.05, 0) is 42.3 Å². The second kappa shape index (κ2) is 7.28. The average Bonchev–Trinajstić information content (AvgIpc) is 2.55. The number of aromatic hydroxyl groups is 1. The van der Waals surface area contributed by atoms with Crippen LogP contribution in [-0.4, -0.2) is 29.1 Å². The maximum Gasteiger partial charge on any atom is 0.338 e. The van der Waals surface area contributed by atoms with E-state index in [0.29, 0.717) is 0 Å². The standard InChI is InChI=1S/C17H16N2O5/c1-10(15(21)19-17(18)23)24-16(22)13-4-2-11(3-5-13)12-6-8-14(20)9-7-12/h2-10,20H,1H3,(H3,18,19,21,23)/t10-/m0/s1. The van der Waals surface area contributed by atoms with E-state index in [1.165, 1.54) is 6.92 Å². The first-order valence-corrected chi connectivity index (χ1v) is 7.07. The molecule has 0 aliphatic rings. The van der Waals surface area contributed by atoms with E-state index in [1.807, 2.05) is 5.32 Å². The zero-order valence-electron chi connectivity index (χ0n) is 12.9. The largest absolute Gasteiger partial charge is 0.508 e. The molecule has 3 amide bonds. The second-order valence-corrected chi connectivity index (χ2v) is 5.03. The Labute approximate surface area is 138 Å². The van der Waals surface area contributed by atoms with Crippen LogP contribution in [0.3, 0.4) is 0 Å². The van der Waals surface area contributed by atoms with E-state index in [4.69, 9.17) is 10.5 Å². The Morgan fingerprint density at radius 1 is 1.00 bits per heavy atom. The Balaban J connectivity index is 2.04. The van der Waals surface area contributed by atoms with Crippen molar-refractivity contribution in [1.29, 1.82) is 0 Å². The molecule has 0 bridgehead atoms. The minimum atomic E-state index is -1.15. The fourth-order valence-electron chi connectivity index (χ4n) is 1.96. The van der Waals surface area contributed by atoms with E-state index >= 15 is 0 Å². The molecule has 0 unspecified atom stereocenters. The Bertz CT molecular complexity index is 754. The second-order valence-electron chi connectivity index (χ2n) is 5.03. The highest BCUT2D eigenvalue weighted by molar-refractivity contribution is 5.98. The van der Waals surface area contributed by atoms with Crippen LogP contribution in [0.25, 0.3) is 11.1 Å². The van der Waals surface area contributed by atoms with E-state index in [1.54, 1.807) is 48.5 Å². The number of amides is 3. The molecule has 2 aromatic carbocycles. The Kier molecular flexibility index (Phi) is 5.16. The number of nitrogens with two attached hydrogens (primary N) is 1. The number of carbonyl (C=O) groups is 3. The fourth-order valence-corrected chi connectivity index (χ4v) is 1.96. The van der Waals surface area contributed by atoms with Crippen LogP contribution in [0.5, 0.6) is 5.75 Å². The van der Waals surface area contributed by atoms with Crippen LogP contribution in [0.1, 0.15) is 17.3 Å². The topological polar surface area (TPSA) is 119 Å². The predicted octanol–water partition coefficient (Wildman–Crippen LogP) is 1.80. The number of hydrogen-bond donors (Lipinski definition) is 3. The van der Waals surface area contributed by atoms with Crippen molar-refractivity contribution in [2.45, 2.75) is 13.0 Å². The van der Waals surface area contributed by atoms with Gasteiger partial charge in [0.05, 0.1) is 5.56 Å². The van der Waals surface area contributed by atoms with Crippen LogP contribution in [0.2, 0.25) is 0 Å². The third-order valence-electron chi connectivity index (χ3n) is 3.22. The lowest BCUT2D eigenvalue weighted by Gasteiger charge is -2.12. The molecule has 7 nitrogen and oxygen atoms in total. The van der Waals surface area contributed by atoms with Gasteiger partial charge in [-0.3, -0.25) is 10.1 Å². The van der Waals surface area contributed by atoms with E-state index in [9.17, 15) is 19.5 Å². The lowest BCUT2D eigenvalue weighted by molar-refractivity contribution is -0.127. The first-order chi connectivity index (χ1) is 11.4. The summed E-state index contributed by atoms with van der Waals surface area (Å²) in [5.41, 5.74) is 6.82. The highest BCUT2D eigenvalue weighted by atomic mass is 16.5. The van der Waals surface area contributed by atoms with Gasteiger partial charge in [-0.2, -0.15) is 0 Å². The Morgan fingerprint density at radius 3 is 2.00 bits per heavy atom. The van der Waals surface area contributed by atoms with Gasteiger partial charge in [0.15, 0.2) is 6.10 Å². The number of rotatable bonds is 4. The number of benzene rings is 2. The molecule has 124 valence electrons. The average molecular weight is 328 g/mol. The molecule has 0 heterocycles. The minimum absolute atomic E-state index is 0.169. The van der Waals surface area contributed by atoms with Crippen molar-refractivity contribution in [2.24, 2.45) is 5.73 Å². The van der Waals surface area contributed by atoms with Gasteiger partial charge in [-0.1, -0.05) is 24.3 Å². The zero-order valence-corrected chi connectivity index (χ0v) is 12.9. The molecule has 0 aliphatic carbocycles. The third-order valence-corrected chi connectivity index (χ3v) is 3.22. The quantitative estimate of drug-likeness (QED) is 0.739. The third kappa shape index (κ3) is 4.33. The van der Waals surface area contributed by atoms with Gasteiger partial charge in [0.2, 0.25) is 0 Å². The summed E-state index contributed by atoms with van der Waals surface area (Å²) in [4.78, 5) is 34.1.